The summed E-state index contributed by atoms with van der Waals surface area (Å²) in [5.74, 6) is -2.23. The van der Waals surface area contributed by atoms with Crippen LogP contribution in [-0.2, 0) is 34.0 Å². The summed E-state index contributed by atoms with van der Waals surface area (Å²) < 4.78 is 6.87. The molecule has 1 aromatic heterocycles. The predicted octanol–water partition coefficient (Wildman–Crippen LogP) is -0.770. The van der Waals surface area contributed by atoms with Crippen molar-refractivity contribution in [1.29, 1.82) is 0 Å². The Labute approximate surface area is 264 Å². The first kappa shape index (κ1) is 35.6. The number of aromatic nitrogens is 3. The molecule has 2 atom stereocenters. The Morgan fingerprint density at radius 1 is 0.870 bits per heavy atom. The number of ether oxygens (including phenoxy) is 1. The molecule has 3 rings (SSSR count). The van der Waals surface area contributed by atoms with Gasteiger partial charge in [-0.05, 0) is 37.1 Å². The van der Waals surface area contributed by atoms with Crippen molar-refractivity contribution in [1.82, 2.24) is 23.5 Å². The number of β-amino-alcohol motifs (C(OH)–C–C–N with tert-alkyl or cyclic N) is 1. The maximum atomic E-state index is 13.3. The van der Waals surface area contributed by atoms with Gasteiger partial charge >= 0.3 is 29.1 Å². The van der Waals surface area contributed by atoms with Crippen LogP contribution in [0, 0.1) is 5.41 Å². The minimum Gasteiger partial charge on any atom is -0.459 e. The van der Waals surface area contributed by atoms with Crippen molar-refractivity contribution in [2.45, 2.75) is 58.5 Å². The lowest BCUT2D eigenvalue weighted by Crippen LogP contribution is -2.65. The van der Waals surface area contributed by atoms with E-state index in [-0.39, 0.29) is 24.9 Å². The maximum Gasteiger partial charge on any atom is 0.338 e. The number of hydrogen-bond donors (Lipinski definition) is 2. The lowest BCUT2D eigenvalue weighted by molar-refractivity contribution is -0.159. The molecular formula is C30H40N6O10. The molecule has 0 spiro atoms. The molecule has 1 aliphatic heterocycles. The van der Waals surface area contributed by atoms with Crippen LogP contribution in [-0.4, -0.2) is 104 Å². The van der Waals surface area contributed by atoms with Gasteiger partial charge in [0.1, 0.15) is 18.1 Å². The molecule has 0 radical (unpaired) electrons. The summed E-state index contributed by atoms with van der Waals surface area (Å²) >= 11 is 0. The van der Waals surface area contributed by atoms with E-state index in [4.69, 9.17) is 4.74 Å². The molecule has 16 nitrogen and oxygen atoms in total. The molecule has 16 heteroatoms. The first-order valence-corrected chi connectivity index (χ1v) is 14.6. The number of anilines is 1. The van der Waals surface area contributed by atoms with Crippen LogP contribution in [0.1, 0.15) is 37.0 Å². The van der Waals surface area contributed by atoms with Gasteiger partial charge in [0.25, 0.3) is 0 Å². The van der Waals surface area contributed by atoms with Crippen LogP contribution in [0.3, 0.4) is 0 Å². The molecular weight excluding hydrogens is 604 g/mol. The van der Waals surface area contributed by atoms with E-state index in [1.165, 1.54) is 25.3 Å². The second kappa shape index (κ2) is 14.5. The molecule has 1 aliphatic rings. The zero-order chi connectivity index (χ0) is 34.5. The molecule has 4 amide bonds. The van der Waals surface area contributed by atoms with Crippen LogP contribution in [0.15, 0.2) is 51.3 Å². The molecule has 46 heavy (non-hydrogen) atoms. The summed E-state index contributed by atoms with van der Waals surface area (Å²) in [5.41, 5.74) is -3.84. The molecule has 1 aromatic carbocycles. The number of carbonyl (C=O) groups excluding carboxylic acids is 4. The van der Waals surface area contributed by atoms with Crippen LogP contribution < -0.4 is 22.0 Å². The minimum absolute atomic E-state index is 0.0996. The fourth-order valence-corrected chi connectivity index (χ4v) is 5.22. The van der Waals surface area contributed by atoms with Crippen LogP contribution in [0.5, 0.6) is 0 Å². The number of urea groups is 1. The smallest absolute Gasteiger partial charge is 0.338 e. The average molecular weight is 645 g/mol. The van der Waals surface area contributed by atoms with Crippen molar-refractivity contribution in [3.8, 4) is 0 Å². The molecule has 2 heterocycles. The Balaban J connectivity index is 1.84. The largest absolute Gasteiger partial charge is 0.459 e. The Kier molecular flexibility index (Phi) is 11.2. The normalized spacial score (nSPS) is 15.9. The summed E-state index contributed by atoms with van der Waals surface area (Å²) in [6, 6.07) is 5.50. The van der Waals surface area contributed by atoms with Gasteiger partial charge in [-0.2, -0.15) is 0 Å². The monoisotopic (exact) mass is 644 g/mol. The molecule has 1 saturated heterocycles. The van der Waals surface area contributed by atoms with E-state index in [1.54, 1.807) is 26.0 Å². The third-order valence-electron chi connectivity index (χ3n) is 8.00. The van der Waals surface area contributed by atoms with Gasteiger partial charge in [-0.25, -0.2) is 37.7 Å². The number of aliphatic hydroxyl groups excluding tert-OH is 2. The Hall–Kier alpha value is -4.83. The summed E-state index contributed by atoms with van der Waals surface area (Å²) in [7, 11) is 4.88. The van der Waals surface area contributed by atoms with Crippen LogP contribution in [0.4, 0.5) is 10.5 Å². The molecule has 2 aromatic rings. The van der Waals surface area contributed by atoms with Gasteiger partial charge in [-0.15, -0.1) is 6.58 Å². The molecule has 2 N–H and O–H groups in total. The first-order valence-electron chi connectivity index (χ1n) is 14.6. The van der Waals surface area contributed by atoms with Crippen LogP contribution >= 0.6 is 0 Å². The number of carbonyl (C=O) groups is 4. The summed E-state index contributed by atoms with van der Waals surface area (Å²) in [6.45, 7) is 3.76. The summed E-state index contributed by atoms with van der Waals surface area (Å²) in [6.07, 6.45) is -1.79. The number of esters is 1. The number of barbiturate groups is 1. The number of nitrogens with zero attached hydrogens (tertiary/aromatic N) is 6. The fraction of sp³-hybridized carbons (Fsp3) is 0.500. The van der Waals surface area contributed by atoms with Crippen LogP contribution in [0.25, 0.3) is 0 Å². The van der Waals surface area contributed by atoms with Gasteiger partial charge in [-0.1, -0.05) is 19.9 Å². The topological polar surface area (TPSA) is 194 Å². The Morgan fingerprint density at radius 2 is 1.39 bits per heavy atom. The lowest BCUT2D eigenvalue weighted by Gasteiger charge is -2.42. The van der Waals surface area contributed by atoms with E-state index in [9.17, 15) is 43.8 Å². The molecule has 0 saturated carbocycles. The molecule has 0 bridgehead atoms. The van der Waals surface area contributed by atoms with Gasteiger partial charge < -0.3 is 19.8 Å². The summed E-state index contributed by atoms with van der Waals surface area (Å²) in [4.78, 5) is 94.3. The van der Waals surface area contributed by atoms with Crippen molar-refractivity contribution >= 4 is 29.5 Å². The number of benzene rings is 1. The molecule has 2 unspecified atom stereocenters. The van der Waals surface area contributed by atoms with Crippen LogP contribution in [0.2, 0.25) is 0 Å². The van der Waals surface area contributed by atoms with E-state index in [1.807, 2.05) is 19.0 Å². The summed E-state index contributed by atoms with van der Waals surface area (Å²) in [5, 5.41) is 21.5. The van der Waals surface area contributed by atoms with E-state index in [2.05, 4.69) is 6.58 Å². The highest BCUT2D eigenvalue weighted by Crippen LogP contribution is 2.35. The van der Waals surface area contributed by atoms with E-state index >= 15 is 0 Å². The third-order valence-corrected chi connectivity index (χ3v) is 8.00. The standard InChI is InChI=1S/C30H40N6O10/c1-7-14-33-27(43)35(16-21(37)15-34-25(41)30(8-2,9-3)24(40)32(6)26(34)42)29(45)36(28(33)44)17-22(38)18-46-23(39)19-10-12-20(13-11-19)31(4)5/h7,10-13,21-22,37-38H,1,8-9,14-18H2,2-6H3. The van der Waals surface area contributed by atoms with Gasteiger partial charge in [0.15, 0.2) is 0 Å². The zero-order valence-electron chi connectivity index (χ0n) is 26.5. The van der Waals surface area contributed by atoms with Crippen molar-refractivity contribution in [3.05, 3.63) is 73.9 Å². The van der Waals surface area contributed by atoms with Crippen molar-refractivity contribution in [2.75, 3.05) is 39.2 Å². The number of hydrogen-bond acceptors (Lipinski definition) is 11. The highest BCUT2D eigenvalue weighted by Gasteiger charge is 2.54. The van der Waals surface area contributed by atoms with E-state index < -0.39 is 84.7 Å². The average Bonchev–Trinajstić information content (AvgIpc) is 3.04. The van der Waals surface area contributed by atoms with Crippen molar-refractivity contribution < 1.29 is 34.1 Å². The number of allylic oxidation sites excluding steroid dienone is 1. The zero-order valence-corrected chi connectivity index (χ0v) is 26.5. The van der Waals surface area contributed by atoms with E-state index in [0.29, 0.717) is 18.6 Å². The number of aliphatic hydroxyl groups is 2. The van der Waals surface area contributed by atoms with Gasteiger partial charge in [0.2, 0.25) is 11.8 Å². The number of imide groups is 2. The lowest BCUT2D eigenvalue weighted by atomic mass is 9.78. The molecule has 1 fully saturated rings. The second-order valence-corrected chi connectivity index (χ2v) is 11.2. The third kappa shape index (κ3) is 6.87. The number of amides is 4. The second-order valence-electron chi connectivity index (χ2n) is 11.2. The maximum absolute atomic E-state index is 13.3. The van der Waals surface area contributed by atoms with Crippen molar-refractivity contribution in [2.24, 2.45) is 5.41 Å². The van der Waals surface area contributed by atoms with Gasteiger partial charge in [0, 0.05) is 26.8 Å². The quantitative estimate of drug-likeness (QED) is 0.149. The molecule has 250 valence electrons. The number of rotatable bonds is 14. The Morgan fingerprint density at radius 3 is 1.89 bits per heavy atom. The van der Waals surface area contributed by atoms with Gasteiger partial charge in [-0.3, -0.25) is 19.4 Å². The predicted molar refractivity (Wildman–Crippen MR) is 165 cm³/mol. The van der Waals surface area contributed by atoms with Crippen molar-refractivity contribution in [3.63, 3.8) is 0 Å². The first-order chi connectivity index (χ1) is 21.6. The highest BCUT2D eigenvalue weighted by atomic mass is 16.5. The fourth-order valence-electron chi connectivity index (χ4n) is 5.22. The Bertz CT molecular complexity index is 1670. The van der Waals surface area contributed by atoms with E-state index in [0.717, 1.165) is 10.6 Å². The molecule has 0 aliphatic carbocycles. The minimum atomic E-state index is -1.67. The van der Waals surface area contributed by atoms with Gasteiger partial charge in [0.05, 0.1) is 37.8 Å². The SMILES string of the molecule is C=CCn1c(=O)n(CC(O)COC(=O)c2ccc(N(C)C)cc2)c(=O)n(CC(O)CN2C(=O)N(C)C(=O)C(CC)(CC)C2=O)c1=O. The highest BCUT2D eigenvalue weighted by molar-refractivity contribution is 6.18.